The number of hydrogen-bond donors (Lipinski definition) is 5. The molecule has 1 aromatic heterocycles. The molecule has 14 nitrogen and oxygen atoms in total. The average molecular weight is 542 g/mol. The van der Waals surface area contributed by atoms with Crippen molar-refractivity contribution in [3.05, 3.63) is 53.1 Å². The summed E-state index contributed by atoms with van der Waals surface area (Å²) in [5.74, 6) is -6.57. The molecule has 16 heteroatoms. The maximum atomic E-state index is 14.8. The fraction of sp³-hybridized carbons (Fsp3) is 0.304. The number of carboxylic acid groups (broad SMARTS) is 1. The van der Waals surface area contributed by atoms with Gasteiger partial charge in [-0.2, -0.15) is 0 Å². The van der Waals surface area contributed by atoms with E-state index in [0.717, 1.165) is 12.3 Å². The van der Waals surface area contributed by atoms with E-state index in [2.05, 4.69) is 15.6 Å². The molecule has 5 amide bonds. The molecule has 1 fully saturated rings. The predicted molar refractivity (Wildman–Crippen MR) is 131 cm³/mol. The molecule has 0 saturated carbocycles. The van der Waals surface area contributed by atoms with Crippen LogP contribution in [0.2, 0.25) is 0 Å². The zero-order valence-corrected chi connectivity index (χ0v) is 20.6. The number of anilines is 1. The maximum absolute atomic E-state index is 14.8. The Bertz CT molecular complexity index is 1360. The normalized spacial score (nSPS) is 17.7. The summed E-state index contributed by atoms with van der Waals surface area (Å²) in [7, 11) is -1.69. The Morgan fingerprint density at radius 2 is 2.03 bits per heavy atom. The Labute approximate surface area is 221 Å². The third-order valence-corrected chi connectivity index (χ3v) is 6.31. The van der Waals surface area contributed by atoms with E-state index in [4.69, 9.17) is 10.4 Å². The number of urea groups is 1. The largest absolute Gasteiger partial charge is 0.547 e. The summed E-state index contributed by atoms with van der Waals surface area (Å²) in [6.07, 6.45) is 0.995. The quantitative estimate of drug-likeness (QED) is 0.224. The summed E-state index contributed by atoms with van der Waals surface area (Å²) < 4.78 is 20.2. The summed E-state index contributed by atoms with van der Waals surface area (Å²) in [4.78, 5) is 68.2. The van der Waals surface area contributed by atoms with Gasteiger partial charge in [-0.05, 0) is 25.0 Å². The number of carbonyl (C=O) groups excluding carboxylic acids is 4. The van der Waals surface area contributed by atoms with Crippen LogP contribution < -0.4 is 21.0 Å². The van der Waals surface area contributed by atoms with Gasteiger partial charge < -0.3 is 36.1 Å². The fourth-order valence-corrected chi connectivity index (χ4v) is 4.29. The molecule has 2 atom stereocenters. The number of carboxylic acids is 1. The second-order valence-corrected chi connectivity index (χ2v) is 8.79. The molecular formula is C23H24BFN6O8. The van der Waals surface area contributed by atoms with Gasteiger partial charge in [-0.15, -0.1) is 0 Å². The number of nitrogens with one attached hydrogen (secondary N) is 2. The molecule has 0 spiro atoms. The van der Waals surface area contributed by atoms with E-state index in [1.165, 1.54) is 17.0 Å². The van der Waals surface area contributed by atoms with Crippen molar-refractivity contribution in [1.82, 2.24) is 25.4 Å². The van der Waals surface area contributed by atoms with Gasteiger partial charge in [0.15, 0.2) is 6.04 Å². The topological polar surface area (TPSA) is 204 Å². The minimum atomic E-state index is -1.82. The number of aromatic nitrogens is 1. The van der Waals surface area contributed by atoms with E-state index in [1.54, 1.807) is 13.0 Å². The van der Waals surface area contributed by atoms with Crippen LogP contribution in [0.15, 0.2) is 30.5 Å². The third-order valence-electron chi connectivity index (χ3n) is 6.31. The lowest BCUT2D eigenvalue weighted by atomic mass is 9.72. The Hall–Kier alpha value is -4.73. The van der Waals surface area contributed by atoms with Crippen LogP contribution in [0.5, 0.6) is 5.75 Å². The van der Waals surface area contributed by atoms with Crippen molar-refractivity contribution in [2.75, 3.05) is 25.4 Å². The summed E-state index contributed by atoms with van der Waals surface area (Å²) in [6, 6.07) is 2.23. The summed E-state index contributed by atoms with van der Waals surface area (Å²) in [5.41, 5.74) is 5.15. The number of nitrogens with two attached hydrogens (primary N) is 1. The molecule has 2 aliphatic heterocycles. The predicted octanol–water partition coefficient (Wildman–Crippen LogP) is -0.918. The Morgan fingerprint density at radius 3 is 2.69 bits per heavy atom. The summed E-state index contributed by atoms with van der Waals surface area (Å²) >= 11 is 0. The number of benzene rings is 1. The number of nitrogen functional groups attached to an aromatic ring is 1. The second kappa shape index (κ2) is 10.9. The lowest BCUT2D eigenvalue weighted by molar-refractivity contribution is -0.153. The van der Waals surface area contributed by atoms with Gasteiger partial charge in [0.1, 0.15) is 17.3 Å². The van der Waals surface area contributed by atoms with Gasteiger partial charge in [0.25, 0.3) is 0 Å². The number of fused-ring (bicyclic) bond motifs is 1. The molecule has 39 heavy (non-hydrogen) atoms. The molecule has 0 aliphatic carbocycles. The molecule has 0 bridgehead atoms. The molecule has 204 valence electrons. The lowest BCUT2D eigenvalue weighted by Gasteiger charge is -2.33. The SMILES string of the molecule is CCN1CCN(C(=O)NC(C(=O)N[C@H]2Cc3cccc(C(=O)O)c3OB2O)c2ncc(N)cc2F)C(=O)C1=O. The van der Waals surface area contributed by atoms with Crippen molar-refractivity contribution < 1.29 is 43.1 Å². The third kappa shape index (κ3) is 5.45. The van der Waals surface area contributed by atoms with Crippen molar-refractivity contribution >= 4 is 42.5 Å². The van der Waals surface area contributed by atoms with Gasteiger partial charge in [-0.25, -0.2) is 14.0 Å². The van der Waals surface area contributed by atoms with Crippen molar-refractivity contribution in [2.24, 2.45) is 0 Å². The number of hydrogen-bond acceptors (Lipinski definition) is 9. The number of piperazine rings is 1. The highest BCUT2D eigenvalue weighted by Gasteiger charge is 2.41. The number of imide groups is 1. The number of amides is 5. The van der Waals surface area contributed by atoms with Crippen LogP contribution in [-0.2, 0) is 20.8 Å². The zero-order chi connectivity index (χ0) is 28.4. The molecular weight excluding hydrogens is 518 g/mol. The van der Waals surface area contributed by atoms with Gasteiger partial charge in [0, 0.05) is 25.7 Å². The smallest absolute Gasteiger partial charge is 0.534 e. The molecule has 3 heterocycles. The van der Waals surface area contributed by atoms with Crippen LogP contribution in [-0.4, -0.2) is 87.3 Å². The zero-order valence-electron chi connectivity index (χ0n) is 20.6. The minimum Gasteiger partial charge on any atom is -0.534 e. The van der Waals surface area contributed by atoms with Crippen LogP contribution in [0.4, 0.5) is 14.9 Å². The highest BCUT2D eigenvalue weighted by Crippen LogP contribution is 2.30. The number of halogens is 1. The van der Waals surface area contributed by atoms with Crippen molar-refractivity contribution in [3.8, 4) is 5.75 Å². The van der Waals surface area contributed by atoms with Crippen LogP contribution in [0, 0.1) is 5.82 Å². The molecule has 4 rings (SSSR count). The Morgan fingerprint density at radius 1 is 1.28 bits per heavy atom. The maximum Gasteiger partial charge on any atom is 0.547 e. The number of pyridine rings is 1. The monoisotopic (exact) mass is 542 g/mol. The summed E-state index contributed by atoms with van der Waals surface area (Å²) in [6.45, 7) is 1.84. The van der Waals surface area contributed by atoms with Gasteiger partial charge in [-0.3, -0.25) is 24.3 Å². The van der Waals surface area contributed by atoms with E-state index >= 15 is 0 Å². The number of likely N-dealkylation sites (N-methyl/N-ethyl adjacent to an activating group) is 1. The van der Waals surface area contributed by atoms with E-state index in [1.807, 2.05) is 0 Å². The van der Waals surface area contributed by atoms with Crippen LogP contribution >= 0.6 is 0 Å². The Balaban J connectivity index is 1.58. The van der Waals surface area contributed by atoms with Crippen molar-refractivity contribution in [1.29, 1.82) is 0 Å². The molecule has 1 aromatic carbocycles. The number of nitrogens with zero attached hydrogens (tertiary/aromatic N) is 3. The number of rotatable bonds is 6. The van der Waals surface area contributed by atoms with Crippen LogP contribution in [0.3, 0.4) is 0 Å². The van der Waals surface area contributed by atoms with Gasteiger partial charge in [-0.1, -0.05) is 12.1 Å². The van der Waals surface area contributed by atoms with Gasteiger partial charge >= 0.3 is 30.9 Å². The molecule has 2 aromatic rings. The number of aromatic carboxylic acids is 1. The molecule has 1 saturated heterocycles. The first-order valence-corrected chi connectivity index (χ1v) is 11.8. The highest BCUT2D eigenvalue weighted by molar-refractivity contribution is 6.47. The van der Waals surface area contributed by atoms with E-state index < -0.39 is 60.3 Å². The molecule has 2 aliphatic rings. The number of carbonyl (C=O) groups is 5. The minimum absolute atomic E-state index is 0.0554. The molecule has 0 radical (unpaired) electrons. The van der Waals surface area contributed by atoms with E-state index in [-0.39, 0.29) is 43.1 Å². The first-order valence-electron chi connectivity index (χ1n) is 11.8. The fourth-order valence-electron chi connectivity index (χ4n) is 4.29. The summed E-state index contributed by atoms with van der Waals surface area (Å²) in [5, 5.41) is 24.5. The van der Waals surface area contributed by atoms with E-state index in [0.29, 0.717) is 10.5 Å². The van der Waals surface area contributed by atoms with Crippen LogP contribution in [0.1, 0.15) is 34.6 Å². The first-order chi connectivity index (χ1) is 18.5. The average Bonchev–Trinajstić information content (AvgIpc) is 2.89. The van der Waals surface area contributed by atoms with Crippen molar-refractivity contribution in [3.63, 3.8) is 0 Å². The Kier molecular flexibility index (Phi) is 7.67. The second-order valence-electron chi connectivity index (χ2n) is 8.79. The van der Waals surface area contributed by atoms with Gasteiger partial charge in [0.2, 0.25) is 5.91 Å². The lowest BCUT2D eigenvalue weighted by Crippen LogP contribution is -2.60. The first kappa shape index (κ1) is 27.3. The standard InChI is InChI=1S/C23H24BFN6O8/c1-2-30-6-7-31(21(34)20(30)33)23(37)29-17(16-14(25)9-12(26)10-27-16)19(32)28-15-8-11-4-3-5-13(22(35)36)18(11)39-24(15)38/h3-5,9-10,15,17,38H,2,6-8,26H2,1H3,(H,28,32)(H,29,37)(H,35,36)/t15-,17?/m0/s1. The van der Waals surface area contributed by atoms with Crippen LogP contribution in [0.25, 0.3) is 0 Å². The number of para-hydroxylation sites is 1. The highest BCUT2D eigenvalue weighted by atomic mass is 19.1. The molecule has 1 unspecified atom stereocenters. The van der Waals surface area contributed by atoms with Crippen molar-refractivity contribution in [2.45, 2.75) is 25.3 Å². The molecule has 6 N–H and O–H groups in total. The van der Waals surface area contributed by atoms with Gasteiger partial charge in [0.05, 0.1) is 23.4 Å². The van der Waals surface area contributed by atoms with E-state index in [9.17, 15) is 38.5 Å².